The minimum atomic E-state index is -1.13. The highest BCUT2D eigenvalue weighted by Gasteiger charge is 2.12. The number of aliphatic carboxylic acids is 1. The zero-order chi connectivity index (χ0) is 22.1. The first kappa shape index (κ1) is 21.1. The van der Waals surface area contributed by atoms with Crippen LogP contribution in [0.4, 0.5) is 5.69 Å². The lowest BCUT2D eigenvalue weighted by Crippen LogP contribution is -2.13. The van der Waals surface area contributed by atoms with Crippen LogP contribution in [-0.2, 0) is 9.59 Å². The van der Waals surface area contributed by atoms with Gasteiger partial charge in [-0.15, -0.1) is 0 Å². The molecule has 0 aromatic heterocycles. The number of carbonyl (C=O) groups is 2. The lowest BCUT2D eigenvalue weighted by Gasteiger charge is -2.09. The molecule has 0 saturated heterocycles. The van der Waals surface area contributed by atoms with Crippen molar-refractivity contribution >= 4 is 23.6 Å². The van der Waals surface area contributed by atoms with E-state index in [4.69, 9.17) is 14.6 Å². The van der Waals surface area contributed by atoms with E-state index in [1.165, 1.54) is 6.08 Å². The van der Waals surface area contributed by atoms with Crippen LogP contribution in [0, 0.1) is 11.3 Å². The van der Waals surface area contributed by atoms with Gasteiger partial charge in [0.15, 0.2) is 6.61 Å². The summed E-state index contributed by atoms with van der Waals surface area (Å²) in [5.41, 5.74) is 0.750. The molecule has 0 atom stereocenters. The summed E-state index contributed by atoms with van der Waals surface area (Å²) in [7, 11) is 0. The van der Waals surface area contributed by atoms with Crippen molar-refractivity contribution in [2.75, 3.05) is 11.9 Å². The highest BCUT2D eigenvalue weighted by Crippen LogP contribution is 2.24. The Balaban J connectivity index is 1.70. The summed E-state index contributed by atoms with van der Waals surface area (Å²) in [4.78, 5) is 23.3. The second-order valence-electron chi connectivity index (χ2n) is 6.28. The standard InChI is InChI=1S/C24H18N2O5/c25-15-18(14-17-6-4-5-9-22(17)30-16-23(27)28)24(29)26-19-10-12-21(13-11-19)31-20-7-2-1-3-8-20/h1-14H,16H2,(H,26,29)(H,27,28)/b18-14+. The zero-order valence-corrected chi connectivity index (χ0v) is 16.3. The zero-order valence-electron chi connectivity index (χ0n) is 16.3. The average Bonchev–Trinajstić information content (AvgIpc) is 2.78. The fourth-order valence-electron chi connectivity index (χ4n) is 2.60. The average molecular weight is 414 g/mol. The van der Waals surface area contributed by atoms with Crippen molar-refractivity contribution in [1.29, 1.82) is 5.26 Å². The van der Waals surface area contributed by atoms with E-state index in [0.29, 0.717) is 22.7 Å². The summed E-state index contributed by atoms with van der Waals surface area (Å²) < 4.78 is 10.9. The van der Waals surface area contributed by atoms with Gasteiger partial charge in [-0.3, -0.25) is 4.79 Å². The number of anilines is 1. The van der Waals surface area contributed by atoms with E-state index in [9.17, 15) is 14.9 Å². The number of hydrogen-bond acceptors (Lipinski definition) is 5. The van der Waals surface area contributed by atoms with E-state index in [1.807, 2.05) is 36.4 Å². The number of nitriles is 1. The van der Waals surface area contributed by atoms with Gasteiger partial charge in [-0.1, -0.05) is 36.4 Å². The molecule has 1 amide bonds. The number of nitrogens with one attached hydrogen (secondary N) is 1. The molecule has 0 radical (unpaired) electrons. The van der Waals surface area contributed by atoms with Crippen LogP contribution in [0.3, 0.4) is 0 Å². The largest absolute Gasteiger partial charge is 0.481 e. The van der Waals surface area contributed by atoms with Crippen molar-refractivity contribution in [3.63, 3.8) is 0 Å². The summed E-state index contributed by atoms with van der Waals surface area (Å²) in [6.07, 6.45) is 1.35. The predicted molar refractivity (Wildman–Crippen MR) is 115 cm³/mol. The van der Waals surface area contributed by atoms with E-state index in [-0.39, 0.29) is 11.3 Å². The Morgan fingerprint density at radius 1 is 0.935 bits per heavy atom. The van der Waals surface area contributed by atoms with E-state index >= 15 is 0 Å². The monoisotopic (exact) mass is 414 g/mol. The third-order valence-electron chi connectivity index (χ3n) is 4.03. The third kappa shape index (κ3) is 6.21. The smallest absolute Gasteiger partial charge is 0.341 e. The molecule has 3 aromatic carbocycles. The van der Waals surface area contributed by atoms with Crippen LogP contribution in [-0.4, -0.2) is 23.6 Å². The summed E-state index contributed by atoms with van der Waals surface area (Å²) in [6, 6.07) is 24.4. The number of carboxylic acids is 1. The molecule has 0 fully saturated rings. The number of para-hydroxylation sites is 2. The van der Waals surface area contributed by atoms with E-state index < -0.39 is 18.5 Å². The molecule has 2 N–H and O–H groups in total. The van der Waals surface area contributed by atoms with Crippen LogP contribution in [0.15, 0.2) is 84.4 Å². The molecular weight excluding hydrogens is 396 g/mol. The summed E-state index contributed by atoms with van der Waals surface area (Å²) in [5.74, 6) is -0.181. The SMILES string of the molecule is N#C/C(=C\c1ccccc1OCC(=O)O)C(=O)Nc1ccc(Oc2ccccc2)cc1. The Morgan fingerprint density at radius 3 is 2.26 bits per heavy atom. The van der Waals surface area contributed by atoms with Crippen LogP contribution in [0.25, 0.3) is 6.08 Å². The van der Waals surface area contributed by atoms with Crippen LogP contribution in [0.1, 0.15) is 5.56 Å². The number of rotatable bonds is 8. The van der Waals surface area contributed by atoms with Crippen molar-refractivity contribution in [1.82, 2.24) is 0 Å². The van der Waals surface area contributed by atoms with E-state index in [1.54, 1.807) is 48.5 Å². The van der Waals surface area contributed by atoms with Crippen LogP contribution in [0.5, 0.6) is 17.2 Å². The Labute approximate surface area is 178 Å². The molecule has 0 spiro atoms. The third-order valence-corrected chi connectivity index (χ3v) is 4.03. The Hall–Kier alpha value is -4.57. The first-order valence-corrected chi connectivity index (χ1v) is 9.25. The van der Waals surface area contributed by atoms with Crippen LogP contribution in [0.2, 0.25) is 0 Å². The van der Waals surface area contributed by atoms with Gasteiger partial charge in [-0.2, -0.15) is 5.26 Å². The highest BCUT2D eigenvalue weighted by molar-refractivity contribution is 6.09. The van der Waals surface area contributed by atoms with Gasteiger partial charge in [0, 0.05) is 11.3 Å². The van der Waals surface area contributed by atoms with Crippen molar-refractivity contribution < 1.29 is 24.2 Å². The normalized spacial score (nSPS) is 10.6. The second kappa shape index (κ2) is 10.3. The summed E-state index contributed by atoms with van der Waals surface area (Å²) >= 11 is 0. The van der Waals surface area contributed by atoms with E-state index in [0.717, 1.165) is 0 Å². The van der Waals surface area contributed by atoms with Gasteiger partial charge in [-0.05, 0) is 48.5 Å². The number of carboxylic acid groups (broad SMARTS) is 1. The lowest BCUT2D eigenvalue weighted by atomic mass is 10.1. The first-order chi connectivity index (χ1) is 15.0. The molecule has 0 saturated carbocycles. The number of ether oxygens (including phenoxy) is 2. The maximum atomic E-state index is 12.5. The van der Waals surface area contributed by atoms with Gasteiger partial charge >= 0.3 is 5.97 Å². The highest BCUT2D eigenvalue weighted by atomic mass is 16.5. The van der Waals surface area contributed by atoms with Gasteiger partial charge in [0.05, 0.1) is 0 Å². The maximum absolute atomic E-state index is 12.5. The number of amides is 1. The van der Waals surface area contributed by atoms with Gasteiger partial charge in [0.2, 0.25) is 0 Å². The van der Waals surface area contributed by atoms with Crippen molar-refractivity contribution in [3.05, 3.63) is 90.0 Å². The van der Waals surface area contributed by atoms with E-state index in [2.05, 4.69) is 5.32 Å². The molecule has 0 aliphatic heterocycles. The minimum absolute atomic E-state index is 0.156. The Kier molecular flexibility index (Phi) is 7.01. The molecule has 7 nitrogen and oxygen atoms in total. The molecule has 0 bridgehead atoms. The van der Waals surface area contributed by atoms with Gasteiger partial charge in [-0.25, -0.2) is 4.79 Å². The van der Waals surface area contributed by atoms with Crippen molar-refractivity contribution in [2.45, 2.75) is 0 Å². The lowest BCUT2D eigenvalue weighted by molar-refractivity contribution is -0.139. The minimum Gasteiger partial charge on any atom is -0.481 e. The quantitative estimate of drug-likeness (QED) is 0.415. The predicted octanol–water partition coefficient (Wildman–Crippen LogP) is 4.49. The molecule has 0 heterocycles. The van der Waals surface area contributed by atoms with Crippen molar-refractivity contribution in [3.8, 4) is 23.3 Å². The number of carbonyl (C=O) groups excluding carboxylic acids is 1. The summed E-state index contributed by atoms with van der Waals surface area (Å²) in [5, 5.41) is 20.9. The number of nitrogens with zero attached hydrogens (tertiary/aromatic N) is 1. The molecule has 154 valence electrons. The molecule has 31 heavy (non-hydrogen) atoms. The van der Waals surface area contributed by atoms with Crippen LogP contribution >= 0.6 is 0 Å². The fraction of sp³-hybridized carbons (Fsp3) is 0.0417. The van der Waals surface area contributed by atoms with Gasteiger partial charge in [0.25, 0.3) is 5.91 Å². The second-order valence-corrected chi connectivity index (χ2v) is 6.28. The molecular formula is C24H18N2O5. The fourth-order valence-corrected chi connectivity index (χ4v) is 2.60. The Bertz CT molecular complexity index is 1130. The van der Waals surface area contributed by atoms with Gasteiger partial charge < -0.3 is 19.9 Å². The molecule has 0 aliphatic carbocycles. The number of benzene rings is 3. The van der Waals surface area contributed by atoms with Crippen LogP contribution < -0.4 is 14.8 Å². The number of hydrogen-bond donors (Lipinski definition) is 2. The first-order valence-electron chi connectivity index (χ1n) is 9.25. The molecule has 3 aromatic rings. The van der Waals surface area contributed by atoms with Crippen molar-refractivity contribution in [2.24, 2.45) is 0 Å². The molecule has 0 aliphatic rings. The molecule has 3 rings (SSSR count). The Morgan fingerprint density at radius 2 is 1.58 bits per heavy atom. The summed E-state index contributed by atoms with van der Waals surface area (Å²) in [6.45, 7) is -0.531. The maximum Gasteiger partial charge on any atom is 0.341 e. The molecule has 0 unspecified atom stereocenters. The topological polar surface area (TPSA) is 109 Å². The van der Waals surface area contributed by atoms with Gasteiger partial charge in [0.1, 0.15) is 28.9 Å². The molecule has 7 heteroatoms.